The Kier molecular flexibility index (Phi) is 64.0. The molecule has 0 saturated heterocycles. The fraction of sp³-hybridized carbons (Fsp3) is 0.588. The molecule has 0 aliphatic heterocycles. The van der Waals surface area contributed by atoms with Gasteiger partial charge in [-0.05, 0) is 135 Å². The highest BCUT2D eigenvalue weighted by Gasteiger charge is 2.22. The summed E-state index contributed by atoms with van der Waals surface area (Å²) in [7, 11) is 5.91. The number of carboxylic acids is 1. The summed E-state index contributed by atoms with van der Waals surface area (Å²) in [6.07, 6.45) is 101. The van der Waals surface area contributed by atoms with Crippen molar-refractivity contribution in [3.63, 3.8) is 0 Å². The summed E-state index contributed by atoms with van der Waals surface area (Å²) in [4.78, 5) is 37.5. The predicted octanol–water partition coefficient (Wildman–Crippen LogP) is 20.7. The molecule has 0 N–H and O–H groups in total. The Morgan fingerprint density at radius 3 is 0.899 bits per heavy atom. The molecule has 0 radical (unpaired) electrons. The number of quaternary nitrogens is 1. The first-order valence-corrected chi connectivity index (χ1v) is 34.9. The molecule has 500 valence electrons. The number of carboxylic acid groups (broad SMARTS) is 1. The number of allylic oxidation sites excluding steroid dienone is 30. The summed E-state index contributed by atoms with van der Waals surface area (Å²) in [5.41, 5.74) is 0. The maximum Gasteiger partial charge on any atom is 0.306 e. The van der Waals surface area contributed by atoms with Crippen LogP contribution in [0.1, 0.15) is 245 Å². The molecule has 0 amide bonds. The zero-order valence-corrected chi connectivity index (χ0v) is 57.0. The lowest BCUT2D eigenvalue weighted by Gasteiger charge is -2.26. The lowest BCUT2D eigenvalue weighted by Crippen LogP contribution is -2.44. The fourth-order valence-electron chi connectivity index (χ4n) is 8.88. The fourth-order valence-corrected chi connectivity index (χ4v) is 8.88. The van der Waals surface area contributed by atoms with E-state index in [-0.39, 0.29) is 38.6 Å². The van der Waals surface area contributed by atoms with E-state index < -0.39 is 24.3 Å². The molecule has 9 heteroatoms. The Morgan fingerprint density at radius 2 is 0.607 bits per heavy atom. The monoisotopic (exact) mass is 1230 g/mol. The molecule has 0 aliphatic rings. The van der Waals surface area contributed by atoms with Crippen LogP contribution < -0.4 is 5.11 Å². The topological polar surface area (TPSA) is 111 Å². The maximum atomic E-state index is 12.9. The van der Waals surface area contributed by atoms with Crippen molar-refractivity contribution in [1.29, 1.82) is 0 Å². The zero-order valence-electron chi connectivity index (χ0n) is 57.0. The van der Waals surface area contributed by atoms with Gasteiger partial charge in [-0.3, -0.25) is 9.59 Å². The van der Waals surface area contributed by atoms with Gasteiger partial charge >= 0.3 is 11.9 Å². The van der Waals surface area contributed by atoms with Gasteiger partial charge in [0.25, 0.3) is 0 Å². The summed E-state index contributed by atoms with van der Waals surface area (Å²) >= 11 is 0. The Labute approximate surface area is 545 Å². The smallest absolute Gasteiger partial charge is 0.306 e. The SMILES string of the molecule is CC/C=C\C/C=C\C/C=C\C/C=C\C/C=C\C/C=C\C/C=C\C/C=C\C/C=C\CCCCCCCCCCCCCC(=O)OC(COC(=O)CCCCCCCC/C=C\C/C=C\C/C=C\C/C=C\C/C=C\C/C=C\CC)COC(OCC[N+](C)(C)C)C(=O)[O-]. The molecule has 0 aromatic rings. The third-order valence-electron chi connectivity index (χ3n) is 14.1. The van der Waals surface area contributed by atoms with Gasteiger partial charge in [0.2, 0.25) is 0 Å². The van der Waals surface area contributed by atoms with Crippen LogP contribution in [0.4, 0.5) is 0 Å². The maximum absolute atomic E-state index is 12.9. The number of rotatable bonds is 62. The normalized spacial score (nSPS) is 13.9. The first-order chi connectivity index (χ1) is 43.6. The molecule has 2 unspecified atom stereocenters. The Bertz CT molecular complexity index is 2120. The van der Waals surface area contributed by atoms with Crippen molar-refractivity contribution in [2.45, 2.75) is 257 Å². The van der Waals surface area contributed by atoms with E-state index in [9.17, 15) is 19.5 Å². The summed E-state index contributed by atoms with van der Waals surface area (Å²) in [5, 5.41) is 11.8. The van der Waals surface area contributed by atoms with Crippen LogP contribution in [0.2, 0.25) is 0 Å². The van der Waals surface area contributed by atoms with E-state index in [2.05, 4.69) is 196 Å². The second-order valence-electron chi connectivity index (χ2n) is 23.7. The number of unbranched alkanes of at least 4 members (excludes halogenated alkanes) is 17. The van der Waals surface area contributed by atoms with Crippen LogP contribution >= 0.6 is 0 Å². The van der Waals surface area contributed by atoms with Crippen molar-refractivity contribution in [2.75, 3.05) is 47.5 Å². The Hall–Kier alpha value is -5.61. The van der Waals surface area contributed by atoms with Crippen LogP contribution in [0.5, 0.6) is 0 Å². The van der Waals surface area contributed by atoms with Crippen LogP contribution in [0.3, 0.4) is 0 Å². The van der Waals surface area contributed by atoms with Crippen LogP contribution in [0.25, 0.3) is 0 Å². The molecule has 9 nitrogen and oxygen atoms in total. The zero-order chi connectivity index (χ0) is 64.7. The summed E-state index contributed by atoms with van der Waals surface area (Å²) < 4.78 is 22.8. The van der Waals surface area contributed by atoms with Gasteiger partial charge in [0.15, 0.2) is 12.4 Å². The molecule has 0 aromatic carbocycles. The lowest BCUT2D eigenvalue weighted by atomic mass is 10.0. The van der Waals surface area contributed by atoms with Crippen molar-refractivity contribution in [3.05, 3.63) is 182 Å². The third-order valence-corrected chi connectivity index (χ3v) is 14.1. The Balaban J connectivity index is 4.20. The number of nitrogens with zero attached hydrogens (tertiary/aromatic N) is 1. The largest absolute Gasteiger partial charge is 0.545 e. The van der Waals surface area contributed by atoms with Crippen LogP contribution in [0.15, 0.2) is 182 Å². The summed E-state index contributed by atoms with van der Waals surface area (Å²) in [5.74, 6) is -2.32. The van der Waals surface area contributed by atoms with E-state index in [1.165, 1.54) is 44.9 Å². The number of esters is 2. The van der Waals surface area contributed by atoms with Crippen LogP contribution in [-0.4, -0.2) is 82.3 Å². The number of carbonyl (C=O) groups is 3. The van der Waals surface area contributed by atoms with E-state index in [1.54, 1.807) is 0 Å². The molecule has 0 heterocycles. The molecule has 0 rings (SSSR count). The predicted molar refractivity (Wildman–Crippen MR) is 379 cm³/mol. The van der Waals surface area contributed by atoms with Gasteiger partial charge in [-0.2, -0.15) is 0 Å². The van der Waals surface area contributed by atoms with Crippen LogP contribution in [0, 0.1) is 0 Å². The second-order valence-corrected chi connectivity index (χ2v) is 23.7. The summed E-state index contributed by atoms with van der Waals surface area (Å²) in [6, 6.07) is 0. The molecule has 0 spiro atoms. The van der Waals surface area contributed by atoms with Gasteiger partial charge in [-0.1, -0.05) is 280 Å². The van der Waals surface area contributed by atoms with Gasteiger partial charge in [-0.25, -0.2) is 0 Å². The number of likely N-dealkylation sites (N-methyl/N-ethyl adjacent to an activating group) is 1. The van der Waals surface area contributed by atoms with Crippen molar-refractivity contribution in [2.24, 2.45) is 0 Å². The average molecular weight is 1230 g/mol. The summed E-state index contributed by atoms with van der Waals surface area (Å²) in [6.45, 7) is 4.48. The van der Waals surface area contributed by atoms with Crippen molar-refractivity contribution in [1.82, 2.24) is 0 Å². The second kappa shape index (κ2) is 68.3. The molecule has 0 bridgehead atoms. The minimum atomic E-state index is -1.64. The van der Waals surface area contributed by atoms with E-state index in [0.717, 1.165) is 161 Å². The number of aliphatic carboxylic acids is 1. The highest BCUT2D eigenvalue weighted by atomic mass is 16.7. The van der Waals surface area contributed by atoms with E-state index in [1.807, 2.05) is 21.1 Å². The van der Waals surface area contributed by atoms with Gasteiger partial charge in [0.05, 0.1) is 40.3 Å². The highest BCUT2D eigenvalue weighted by molar-refractivity contribution is 5.70. The average Bonchev–Trinajstić information content (AvgIpc) is 3.64. The molecule has 0 saturated carbocycles. The third kappa shape index (κ3) is 69.7. The van der Waals surface area contributed by atoms with Crippen molar-refractivity contribution >= 4 is 17.9 Å². The number of carbonyl (C=O) groups excluding carboxylic acids is 3. The first-order valence-electron chi connectivity index (χ1n) is 34.9. The number of hydrogen-bond acceptors (Lipinski definition) is 8. The highest BCUT2D eigenvalue weighted by Crippen LogP contribution is 2.15. The van der Waals surface area contributed by atoms with Gasteiger partial charge in [-0.15, -0.1) is 0 Å². The molecule has 89 heavy (non-hydrogen) atoms. The number of hydrogen-bond donors (Lipinski definition) is 0. The van der Waals surface area contributed by atoms with E-state index in [4.69, 9.17) is 18.9 Å². The van der Waals surface area contributed by atoms with E-state index >= 15 is 0 Å². The standard InChI is InChI=1S/C80H127NO8/c1-6-8-10-12-14-16-18-20-22-24-26-28-30-32-33-34-35-36-37-38-39-40-41-42-43-44-45-47-49-51-53-55-57-59-61-63-65-67-69-71-78(83)89-76(75-88-80(79(84)85)86-73-72-81(3,4)5)74-87-77(82)70-68-66-64-62-60-58-56-54-52-50-48-46-31-29-27-25-23-21-19-17-15-13-11-9-7-2/h8-11,14-17,20-23,26-29,32-33,35-36,38-39,41-42,44-46,48,52,54,76,80H,6-7,12-13,18-19,24-25,30-31,34,37,40,43,47,49-51,53,55-75H2,1-5H3/b10-8-,11-9-,16-14-,17-15-,22-20-,23-21-,28-26-,29-27-,33-32-,36-35-,39-38-,42-41-,45-44-,48-46-,54-52-. The van der Waals surface area contributed by atoms with Gasteiger partial charge < -0.3 is 33.3 Å². The number of ether oxygens (including phenoxy) is 4. The lowest BCUT2D eigenvalue weighted by molar-refractivity contribution is -0.870. The minimum Gasteiger partial charge on any atom is -0.545 e. The first kappa shape index (κ1) is 83.4. The molecule has 0 aliphatic carbocycles. The molecular formula is C80H127NO8. The van der Waals surface area contributed by atoms with E-state index in [0.29, 0.717) is 23.9 Å². The Morgan fingerprint density at radius 1 is 0.337 bits per heavy atom. The van der Waals surface area contributed by atoms with Crippen molar-refractivity contribution < 1.29 is 42.9 Å². The minimum absolute atomic E-state index is 0.135. The van der Waals surface area contributed by atoms with Gasteiger partial charge in [0, 0.05) is 12.8 Å². The van der Waals surface area contributed by atoms with Crippen molar-refractivity contribution in [3.8, 4) is 0 Å². The molecule has 0 fully saturated rings. The molecular weight excluding hydrogens is 1100 g/mol. The van der Waals surface area contributed by atoms with Crippen LogP contribution in [-0.2, 0) is 33.3 Å². The molecule has 2 atom stereocenters. The molecule has 0 aromatic heterocycles. The quantitative estimate of drug-likeness (QED) is 0.0195. The van der Waals surface area contributed by atoms with Gasteiger partial charge in [0.1, 0.15) is 13.2 Å².